The summed E-state index contributed by atoms with van der Waals surface area (Å²) in [6.45, 7) is 11.7. The predicted octanol–water partition coefficient (Wildman–Crippen LogP) is 2.12. The minimum Gasteiger partial charge on any atom is -0.497 e. The highest BCUT2D eigenvalue weighted by molar-refractivity contribution is 5.82. The molecule has 2 rings (SSSR count). The van der Waals surface area contributed by atoms with E-state index in [1.54, 1.807) is 7.11 Å². The molecule has 0 spiro atoms. The molecule has 0 saturated carbocycles. The molecule has 0 bridgehead atoms. The minimum absolute atomic E-state index is 0.0905. The fourth-order valence-corrected chi connectivity index (χ4v) is 2.80. The number of carbonyl (C=O) groups excluding carboxylic acids is 1. The molecule has 1 aromatic rings. The third-order valence-corrected chi connectivity index (χ3v) is 4.18. The summed E-state index contributed by atoms with van der Waals surface area (Å²) < 4.78 is 5.20. The second kappa shape index (κ2) is 7.21. The Kier molecular flexibility index (Phi) is 5.52. The summed E-state index contributed by atoms with van der Waals surface area (Å²) in [6.07, 6.45) is 0. The van der Waals surface area contributed by atoms with Gasteiger partial charge in [-0.05, 0) is 52.0 Å². The van der Waals surface area contributed by atoms with Gasteiger partial charge in [0.05, 0.1) is 13.2 Å². The topological polar surface area (TPSA) is 44.8 Å². The fourth-order valence-electron chi connectivity index (χ4n) is 2.80. The van der Waals surface area contributed by atoms with Crippen molar-refractivity contribution in [2.24, 2.45) is 0 Å². The Hall–Kier alpha value is -1.75. The molecule has 1 N–H and O–H groups in total. The Bertz CT molecular complexity index is 514. The first-order valence-electron chi connectivity index (χ1n) is 8.25. The van der Waals surface area contributed by atoms with Crippen LogP contribution in [-0.4, -0.2) is 55.7 Å². The second-order valence-electron chi connectivity index (χ2n) is 7.14. The Balaban J connectivity index is 1.88. The lowest BCUT2D eigenvalue weighted by Gasteiger charge is -2.39. The van der Waals surface area contributed by atoms with E-state index in [0.29, 0.717) is 0 Å². The van der Waals surface area contributed by atoms with Crippen LogP contribution in [0.15, 0.2) is 24.3 Å². The molecule has 1 heterocycles. The van der Waals surface area contributed by atoms with Crippen LogP contribution in [0.25, 0.3) is 0 Å². The molecule has 0 aliphatic carbocycles. The first kappa shape index (κ1) is 17.6. The Morgan fingerprint density at radius 3 is 2.17 bits per heavy atom. The zero-order chi connectivity index (χ0) is 17.0. The van der Waals surface area contributed by atoms with E-state index in [2.05, 4.69) is 27.2 Å². The average Bonchev–Trinajstić information content (AvgIpc) is 2.53. The van der Waals surface area contributed by atoms with Crippen molar-refractivity contribution in [3.8, 4) is 5.75 Å². The van der Waals surface area contributed by atoms with Gasteiger partial charge in [-0.15, -0.1) is 0 Å². The third-order valence-electron chi connectivity index (χ3n) is 4.18. The number of hydrogen-bond acceptors (Lipinski definition) is 4. The average molecular weight is 319 g/mol. The van der Waals surface area contributed by atoms with Gasteiger partial charge in [0, 0.05) is 37.4 Å². The summed E-state index contributed by atoms with van der Waals surface area (Å²) in [5.74, 6) is 0.982. The number of ether oxygens (including phenoxy) is 1. The Morgan fingerprint density at radius 1 is 1.13 bits per heavy atom. The Labute approximate surface area is 139 Å². The number of amides is 1. The SMILES string of the molecule is COc1ccc(N2CCN([C@H](C)C(=O)NC(C)(C)C)CC2)cc1. The van der Waals surface area contributed by atoms with Crippen molar-refractivity contribution in [2.75, 3.05) is 38.2 Å². The highest BCUT2D eigenvalue weighted by atomic mass is 16.5. The van der Waals surface area contributed by atoms with Gasteiger partial charge >= 0.3 is 0 Å². The van der Waals surface area contributed by atoms with Crippen LogP contribution in [0, 0.1) is 0 Å². The maximum Gasteiger partial charge on any atom is 0.237 e. The molecule has 5 nitrogen and oxygen atoms in total. The van der Waals surface area contributed by atoms with Gasteiger partial charge in [-0.1, -0.05) is 0 Å². The lowest BCUT2D eigenvalue weighted by atomic mass is 10.1. The largest absolute Gasteiger partial charge is 0.497 e. The van der Waals surface area contributed by atoms with Crippen LogP contribution in [0.5, 0.6) is 5.75 Å². The van der Waals surface area contributed by atoms with Crippen molar-refractivity contribution in [3.63, 3.8) is 0 Å². The number of nitrogens with one attached hydrogen (secondary N) is 1. The molecule has 1 saturated heterocycles. The molecular formula is C18H29N3O2. The highest BCUT2D eigenvalue weighted by Crippen LogP contribution is 2.21. The van der Waals surface area contributed by atoms with Gasteiger partial charge in [0.2, 0.25) is 5.91 Å². The predicted molar refractivity (Wildman–Crippen MR) is 94.1 cm³/mol. The van der Waals surface area contributed by atoms with Gasteiger partial charge in [0.15, 0.2) is 0 Å². The molecule has 5 heteroatoms. The van der Waals surface area contributed by atoms with Crippen LogP contribution >= 0.6 is 0 Å². The molecule has 1 aliphatic heterocycles. The molecule has 23 heavy (non-hydrogen) atoms. The molecule has 1 aliphatic rings. The van der Waals surface area contributed by atoms with Gasteiger partial charge in [-0.3, -0.25) is 9.69 Å². The van der Waals surface area contributed by atoms with E-state index in [9.17, 15) is 4.79 Å². The number of methoxy groups -OCH3 is 1. The highest BCUT2D eigenvalue weighted by Gasteiger charge is 2.27. The van der Waals surface area contributed by atoms with E-state index in [1.165, 1.54) is 5.69 Å². The van der Waals surface area contributed by atoms with E-state index in [-0.39, 0.29) is 17.5 Å². The number of benzene rings is 1. The number of nitrogens with zero attached hydrogens (tertiary/aromatic N) is 2. The zero-order valence-electron chi connectivity index (χ0n) is 14.9. The van der Waals surface area contributed by atoms with Crippen molar-refractivity contribution in [3.05, 3.63) is 24.3 Å². The summed E-state index contributed by atoms with van der Waals surface area (Å²) in [6, 6.07) is 8.06. The van der Waals surface area contributed by atoms with Crippen LogP contribution in [0.1, 0.15) is 27.7 Å². The van der Waals surface area contributed by atoms with Crippen LogP contribution in [-0.2, 0) is 4.79 Å². The van der Waals surface area contributed by atoms with Gasteiger partial charge < -0.3 is 15.0 Å². The van der Waals surface area contributed by atoms with E-state index >= 15 is 0 Å². The standard InChI is InChI=1S/C18H29N3O2/c1-14(17(22)19-18(2,3)4)20-10-12-21(13-11-20)15-6-8-16(23-5)9-7-15/h6-9,14H,10-13H2,1-5H3,(H,19,22)/t14-/m1/s1. The molecule has 1 aromatic carbocycles. The molecule has 1 amide bonds. The number of anilines is 1. The normalized spacial score (nSPS) is 17.7. The smallest absolute Gasteiger partial charge is 0.237 e. The number of rotatable bonds is 4. The van der Waals surface area contributed by atoms with Crippen molar-refractivity contribution in [1.29, 1.82) is 0 Å². The minimum atomic E-state index is -0.184. The zero-order valence-corrected chi connectivity index (χ0v) is 14.9. The molecule has 128 valence electrons. The summed E-state index contributed by atoms with van der Waals surface area (Å²) >= 11 is 0. The van der Waals surface area contributed by atoms with Crippen molar-refractivity contribution in [2.45, 2.75) is 39.3 Å². The van der Waals surface area contributed by atoms with Gasteiger partial charge in [0.25, 0.3) is 0 Å². The van der Waals surface area contributed by atoms with Gasteiger partial charge in [-0.2, -0.15) is 0 Å². The molecule has 0 aromatic heterocycles. The summed E-state index contributed by atoms with van der Waals surface area (Å²) in [5.41, 5.74) is 1.02. The van der Waals surface area contributed by atoms with Crippen molar-refractivity contribution < 1.29 is 9.53 Å². The number of carbonyl (C=O) groups is 1. The fraction of sp³-hybridized carbons (Fsp3) is 0.611. The van der Waals surface area contributed by atoms with Gasteiger partial charge in [0.1, 0.15) is 5.75 Å². The molecular weight excluding hydrogens is 290 g/mol. The first-order chi connectivity index (χ1) is 10.8. The molecule has 1 fully saturated rings. The van der Waals surface area contributed by atoms with Gasteiger partial charge in [-0.25, -0.2) is 0 Å². The van der Waals surface area contributed by atoms with Crippen LogP contribution in [0.3, 0.4) is 0 Å². The number of piperazine rings is 1. The summed E-state index contributed by atoms with van der Waals surface area (Å²) in [5, 5.41) is 3.06. The Morgan fingerprint density at radius 2 is 1.70 bits per heavy atom. The molecule has 0 radical (unpaired) electrons. The summed E-state index contributed by atoms with van der Waals surface area (Å²) in [7, 11) is 1.68. The molecule has 1 atom stereocenters. The van der Waals surface area contributed by atoms with Crippen LogP contribution < -0.4 is 15.0 Å². The van der Waals surface area contributed by atoms with Crippen LogP contribution in [0.2, 0.25) is 0 Å². The summed E-state index contributed by atoms with van der Waals surface area (Å²) in [4.78, 5) is 16.9. The lowest BCUT2D eigenvalue weighted by molar-refractivity contribution is -0.127. The lowest BCUT2D eigenvalue weighted by Crippen LogP contribution is -2.56. The maximum absolute atomic E-state index is 12.3. The quantitative estimate of drug-likeness (QED) is 0.923. The van der Waals surface area contributed by atoms with Crippen molar-refractivity contribution in [1.82, 2.24) is 10.2 Å². The van der Waals surface area contributed by atoms with E-state index in [1.807, 2.05) is 39.8 Å². The number of hydrogen-bond donors (Lipinski definition) is 1. The van der Waals surface area contributed by atoms with Crippen molar-refractivity contribution >= 4 is 11.6 Å². The van der Waals surface area contributed by atoms with E-state index in [4.69, 9.17) is 4.74 Å². The van der Waals surface area contributed by atoms with E-state index < -0.39 is 0 Å². The third kappa shape index (κ3) is 4.86. The maximum atomic E-state index is 12.3. The monoisotopic (exact) mass is 319 g/mol. The second-order valence-corrected chi connectivity index (χ2v) is 7.14. The first-order valence-corrected chi connectivity index (χ1v) is 8.25. The molecule has 0 unspecified atom stereocenters. The van der Waals surface area contributed by atoms with Crippen LogP contribution in [0.4, 0.5) is 5.69 Å². The van der Waals surface area contributed by atoms with E-state index in [0.717, 1.165) is 31.9 Å².